The van der Waals surface area contributed by atoms with Gasteiger partial charge in [0, 0.05) is 15.7 Å². The number of nitrogens with zero attached hydrogens (tertiary/aromatic N) is 1. The van der Waals surface area contributed by atoms with Crippen molar-refractivity contribution in [1.82, 2.24) is 0 Å². The van der Waals surface area contributed by atoms with Gasteiger partial charge in [0.15, 0.2) is 15.2 Å². The lowest BCUT2D eigenvalue weighted by Gasteiger charge is -2.24. The molecule has 0 bridgehead atoms. The van der Waals surface area contributed by atoms with Crippen molar-refractivity contribution in [2.24, 2.45) is 0 Å². The van der Waals surface area contributed by atoms with Crippen LogP contribution >= 0.6 is 23.2 Å². The molecule has 1 atom stereocenters. The van der Waals surface area contributed by atoms with Crippen molar-refractivity contribution < 1.29 is 13.2 Å². The Bertz CT molecular complexity index is 817. The standard InChI is InChI=1S/C15H11Cl2NO3S/c16-11-3-1-10(2-4-11)15-18(14(19)9-22(15,20)21)13-7-5-12(17)6-8-13/h1-8,15H,9H2. The summed E-state index contributed by atoms with van der Waals surface area (Å²) in [4.78, 5) is 13.5. The molecule has 1 aliphatic heterocycles. The molecular weight excluding hydrogens is 345 g/mol. The smallest absolute Gasteiger partial charge is 0.243 e. The number of carbonyl (C=O) groups is 1. The quantitative estimate of drug-likeness (QED) is 0.828. The Hall–Kier alpha value is -1.56. The van der Waals surface area contributed by atoms with Gasteiger partial charge in [-0.25, -0.2) is 8.42 Å². The molecule has 1 aliphatic rings. The fourth-order valence-electron chi connectivity index (χ4n) is 2.48. The van der Waals surface area contributed by atoms with Crippen molar-refractivity contribution in [3.05, 3.63) is 64.1 Å². The van der Waals surface area contributed by atoms with Crippen LogP contribution in [0.3, 0.4) is 0 Å². The zero-order chi connectivity index (χ0) is 15.9. The monoisotopic (exact) mass is 355 g/mol. The molecule has 0 aliphatic carbocycles. The van der Waals surface area contributed by atoms with Gasteiger partial charge < -0.3 is 0 Å². The Morgan fingerprint density at radius 2 is 1.41 bits per heavy atom. The summed E-state index contributed by atoms with van der Waals surface area (Å²) in [5, 5.41) is -0.0248. The number of rotatable bonds is 2. The Balaban J connectivity index is 2.12. The van der Waals surface area contributed by atoms with Crippen LogP contribution in [0.2, 0.25) is 10.0 Å². The van der Waals surface area contributed by atoms with Gasteiger partial charge in [-0.3, -0.25) is 9.69 Å². The van der Waals surface area contributed by atoms with Crippen molar-refractivity contribution >= 4 is 44.6 Å². The molecule has 2 aromatic carbocycles. The van der Waals surface area contributed by atoms with Gasteiger partial charge in [0.2, 0.25) is 5.91 Å². The summed E-state index contributed by atoms with van der Waals surface area (Å²) in [5.74, 6) is -0.967. The molecule has 1 amide bonds. The first-order valence-corrected chi connectivity index (χ1v) is 8.90. The van der Waals surface area contributed by atoms with E-state index in [4.69, 9.17) is 23.2 Å². The topological polar surface area (TPSA) is 54.5 Å². The van der Waals surface area contributed by atoms with E-state index in [2.05, 4.69) is 0 Å². The SMILES string of the molecule is O=C1CS(=O)(=O)C(c2ccc(Cl)cc2)N1c1ccc(Cl)cc1. The van der Waals surface area contributed by atoms with E-state index in [9.17, 15) is 13.2 Å². The second kappa shape index (κ2) is 5.57. The molecule has 7 heteroatoms. The third-order valence-electron chi connectivity index (χ3n) is 3.43. The molecule has 114 valence electrons. The third kappa shape index (κ3) is 2.72. The lowest BCUT2D eigenvalue weighted by molar-refractivity contribution is -0.115. The number of anilines is 1. The first kappa shape index (κ1) is 15.3. The van der Waals surface area contributed by atoms with Crippen molar-refractivity contribution in [2.75, 3.05) is 10.7 Å². The molecule has 0 N–H and O–H groups in total. The summed E-state index contributed by atoms with van der Waals surface area (Å²) in [6.45, 7) is 0. The van der Waals surface area contributed by atoms with Crippen LogP contribution in [-0.2, 0) is 14.6 Å². The normalized spacial score (nSPS) is 20.4. The maximum atomic E-state index is 12.4. The van der Waals surface area contributed by atoms with Crippen molar-refractivity contribution in [1.29, 1.82) is 0 Å². The first-order valence-electron chi connectivity index (χ1n) is 6.43. The van der Waals surface area contributed by atoms with E-state index in [1.54, 1.807) is 48.5 Å². The Morgan fingerprint density at radius 1 is 0.909 bits per heavy atom. The van der Waals surface area contributed by atoms with Crippen LogP contribution in [0.15, 0.2) is 48.5 Å². The molecule has 2 aromatic rings. The molecule has 0 saturated carbocycles. The first-order chi connectivity index (χ1) is 10.4. The van der Waals surface area contributed by atoms with Crippen molar-refractivity contribution in [3.63, 3.8) is 0 Å². The summed E-state index contributed by atoms with van der Waals surface area (Å²) in [7, 11) is -3.61. The van der Waals surface area contributed by atoms with E-state index in [0.29, 0.717) is 21.3 Å². The average Bonchev–Trinajstić information content (AvgIpc) is 2.70. The summed E-state index contributed by atoms with van der Waals surface area (Å²) in [6.07, 6.45) is 0. The average molecular weight is 356 g/mol. The van der Waals surface area contributed by atoms with Gasteiger partial charge in [0.1, 0.15) is 5.75 Å². The maximum Gasteiger partial charge on any atom is 0.243 e. The third-order valence-corrected chi connectivity index (χ3v) is 5.74. The molecule has 3 rings (SSSR count). The molecule has 1 fully saturated rings. The number of halogens is 2. The highest BCUT2D eigenvalue weighted by Gasteiger charge is 2.45. The Kier molecular flexibility index (Phi) is 3.89. The summed E-state index contributed by atoms with van der Waals surface area (Å²) in [5.41, 5.74) is 1.00. The largest absolute Gasteiger partial charge is 0.290 e. The zero-order valence-corrected chi connectivity index (χ0v) is 13.6. The lowest BCUT2D eigenvalue weighted by atomic mass is 10.2. The van der Waals surface area contributed by atoms with Gasteiger partial charge in [0.05, 0.1) is 0 Å². The van der Waals surface area contributed by atoms with Gasteiger partial charge in [0.25, 0.3) is 0 Å². The Labute approximate surface area is 138 Å². The van der Waals surface area contributed by atoms with Crippen LogP contribution < -0.4 is 4.90 Å². The molecule has 1 unspecified atom stereocenters. The van der Waals surface area contributed by atoms with E-state index >= 15 is 0 Å². The number of carbonyl (C=O) groups excluding carboxylic acids is 1. The lowest BCUT2D eigenvalue weighted by Crippen LogP contribution is -2.29. The highest BCUT2D eigenvalue weighted by Crippen LogP contribution is 2.38. The molecule has 0 spiro atoms. The molecule has 4 nitrogen and oxygen atoms in total. The van der Waals surface area contributed by atoms with Crippen LogP contribution in [0.5, 0.6) is 0 Å². The number of amides is 1. The predicted octanol–water partition coefficient (Wildman–Crippen LogP) is 3.45. The molecule has 1 heterocycles. The highest BCUT2D eigenvalue weighted by atomic mass is 35.5. The zero-order valence-electron chi connectivity index (χ0n) is 11.2. The number of sulfone groups is 1. The van der Waals surface area contributed by atoms with Gasteiger partial charge >= 0.3 is 0 Å². The number of hydrogen-bond acceptors (Lipinski definition) is 3. The van der Waals surface area contributed by atoms with Gasteiger partial charge in [-0.2, -0.15) is 0 Å². The van der Waals surface area contributed by atoms with E-state index in [-0.39, 0.29) is 0 Å². The maximum absolute atomic E-state index is 12.4. The minimum atomic E-state index is -3.61. The summed E-state index contributed by atoms with van der Waals surface area (Å²) >= 11 is 11.7. The molecule has 22 heavy (non-hydrogen) atoms. The van der Waals surface area contributed by atoms with E-state index < -0.39 is 26.9 Å². The van der Waals surface area contributed by atoms with Gasteiger partial charge in [-0.05, 0) is 42.0 Å². The molecule has 1 saturated heterocycles. The van der Waals surface area contributed by atoms with Gasteiger partial charge in [-0.15, -0.1) is 0 Å². The summed E-state index contributed by atoms with van der Waals surface area (Å²) in [6, 6.07) is 12.9. The predicted molar refractivity (Wildman–Crippen MR) is 86.9 cm³/mol. The fourth-order valence-corrected chi connectivity index (χ4v) is 4.50. The molecule has 0 radical (unpaired) electrons. The highest BCUT2D eigenvalue weighted by molar-refractivity contribution is 7.93. The minimum absolute atomic E-state index is 0.456. The van der Waals surface area contributed by atoms with Crippen LogP contribution in [-0.4, -0.2) is 20.1 Å². The van der Waals surface area contributed by atoms with Gasteiger partial charge in [-0.1, -0.05) is 35.3 Å². The van der Waals surface area contributed by atoms with Crippen LogP contribution in [0, 0.1) is 0 Å². The second-order valence-corrected chi connectivity index (χ2v) is 7.89. The number of benzene rings is 2. The number of hydrogen-bond donors (Lipinski definition) is 0. The fraction of sp³-hybridized carbons (Fsp3) is 0.133. The minimum Gasteiger partial charge on any atom is -0.290 e. The molecular formula is C15H11Cl2NO3S. The second-order valence-electron chi connectivity index (χ2n) is 4.95. The molecule has 0 aromatic heterocycles. The van der Waals surface area contributed by atoms with E-state index in [1.165, 1.54) is 4.90 Å². The van der Waals surface area contributed by atoms with Crippen molar-refractivity contribution in [2.45, 2.75) is 5.37 Å². The van der Waals surface area contributed by atoms with Crippen LogP contribution in [0.25, 0.3) is 0 Å². The Morgan fingerprint density at radius 3 is 1.95 bits per heavy atom. The van der Waals surface area contributed by atoms with E-state index in [0.717, 1.165) is 0 Å². The van der Waals surface area contributed by atoms with E-state index in [1.807, 2.05) is 0 Å². The van der Waals surface area contributed by atoms with Crippen molar-refractivity contribution in [3.8, 4) is 0 Å². The van der Waals surface area contributed by atoms with Crippen LogP contribution in [0.1, 0.15) is 10.9 Å². The summed E-state index contributed by atoms with van der Waals surface area (Å²) < 4.78 is 24.8. The van der Waals surface area contributed by atoms with Crippen LogP contribution in [0.4, 0.5) is 5.69 Å².